The predicted octanol–water partition coefficient (Wildman–Crippen LogP) is 3.19. The van der Waals surface area contributed by atoms with Gasteiger partial charge >= 0.3 is 24.0 Å². The van der Waals surface area contributed by atoms with Gasteiger partial charge in [0.1, 0.15) is 0 Å². The number of hydrogen-bond acceptors (Lipinski definition) is 1. The highest BCUT2D eigenvalue weighted by atomic mass is 19.4. The summed E-state index contributed by atoms with van der Waals surface area (Å²) in [5.41, 5.74) is -1.25. The van der Waals surface area contributed by atoms with Gasteiger partial charge in [-0.05, 0) is 0 Å². The molecule has 0 rings (SSSR count). The van der Waals surface area contributed by atoms with Gasteiger partial charge in [0.25, 0.3) is 0 Å². The van der Waals surface area contributed by atoms with Crippen LogP contribution in [0.4, 0.5) is 35.1 Å². The molecule has 18 heavy (non-hydrogen) atoms. The van der Waals surface area contributed by atoms with E-state index in [0.29, 0.717) is 0 Å². The predicted molar refractivity (Wildman–Crippen MR) is 42.2 cm³/mol. The molecule has 0 aliphatic rings. The first kappa shape index (κ1) is 16.6. The summed E-state index contributed by atoms with van der Waals surface area (Å²) < 4.78 is 97.6. The number of carboxylic acids is 1. The van der Waals surface area contributed by atoms with Crippen molar-refractivity contribution in [3.05, 3.63) is 12.2 Å². The van der Waals surface area contributed by atoms with Crippen LogP contribution in [0.25, 0.3) is 0 Å². The van der Waals surface area contributed by atoms with Crippen LogP contribution >= 0.6 is 0 Å². The summed E-state index contributed by atoms with van der Waals surface area (Å²) in [5, 5.41) is 8.14. The maximum Gasteiger partial charge on any atom is 0.459 e. The summed E-state index contributed by atoms with van der Waals surface area (Å²) in [5.74, 6) is -14.7. The van der Waals surface area contributed by atoms with Crippen molar-refractivity contribution in [1.29, 1.82) is 0 Å². The van der Waals surface area contributed by atoms with Crippen LogP contribution in [0.5, 0.6) is 0 Å². The Balaban J connectivity index is 5.15. The Morgan fingerprint density at radius 1 is 1.11 bits per heavy atom. The molecule has 0 bridgehead atoms. The van der Waals surface area contributed by atoms with Crippen molar-refractivity contribution in [2.24, 2.45) is 0 Å². The van der Waals surface area contributed by atoms with Gasteiger partial charge in [-0.1, -0.05) is 6.58 Å². The molecule has 0 aromatic rings. The summed E-state index contributed by atoms with van der Waals surface area (Å²) in [6.07, 6.45) is -12.5. The normalized spacial score (nSPS) is 15.3. The van der Waals surface area contributed by atoms with Gasteiger partial charge in [-0.3, -0.25) is 0 Å². The second kappa shape index (κ2) is 4.73. The van der Waals surface area contributed by atoms with Crippen molar-refractivity contribution >= 4 is 5.97 Å². The lowest BCUT2D eigenvalue weighted by atomic mass is 10.0. The molecule has 0 saturated carbocycles. The Kier molecular flexibility index (Phi) is 4.37. The molecule has 0 aliphatic carbocycles. The fourth-order valence-electron chi connectivity index (χ4n) is 0.817. The first-order valence-electron chi connectivity index (χ1n) is 4.12. The average Bonchev–Trinajstić information content (AvgIpc) is 2.14. The molecular weight excluding hydrogens is 280 g/mol. The molecule has 0 spiro atoms. The standard InChI is InChI=1S/C8H6F8O2/c1-3(5(17)18)2-4(9)6(10,11)7(12,13)8(14,15)16/h4H,1-2H2,(H,17,18). The molecular formula is C8H6F8O2. The van der Waals surface area contributed by atoms with E-state index in [2.05, 4.69) is 6.58 Å². The number of hydrogen-bond donors (Lipinski definition) is 1. The highest BCUT2D eigenvalue weighted by Crippen LogP contribution is 2.49. The Labute approximate surface area is 94.9 Å². The number of rotatable bonds is 5. The number of aliphatic carboxylic acids is 1. The van der Waals surface area contributed by atoms with Crippen molar-refractivity contribution in [3.8, 4) is 0 Å². The van der Waals surface area contributed by atoms with Crippen molar-refractivity contribution in [2.75, 3.05) is 0 Å². The lowest BCUT2D eigenvalue weighted by Crippen LogP contribution is -2.56. The van der Waals surface area contributed by atoms with E-state index in [1.54, 1.807) is 0 Å². The van der Waals surface area contributed by atoms with Crippen LogP contribution in [0.2, 0.25) is 0 Å². The van der Waals surface area contributed by atoms with Gasteiger partial charge in [0.2, 0.25) is 0 Å². The van der Waals surface area contributed by atoms with Crippen LogP contribution in [0.3, 0.4) is 0 Å². The van der Waals surface area contributed by atoms with E-state index in [9.17, 15) is 39.9 Å². The number of carboxylic acid groups (broad SMARTS) is 1. The van der Waals surface area contributed by atoms with E-state index in [1.165, 1.54) is 0 Å². The molecule has 106 valence electrons. The first-order valence-corrected chi connectivity index (χ1v) is 4.12. The summed E-state index contributed by atoms with van der Waals surface area (Å²) in [6, 6.07) is 0. The molecule has 0 aromatic heterocycles. The van der Waals surface area contributed by atoms with Crippen LogP contribution in [0, 0.1) is 0 Å². The topological polar surface area (TPSA) is 37.3 Å². The Morgan fingerprint density at radius 2 is 1.50 bits per heavy atom. The third-order valence-corrected chi connectivity index (χ3v) is 1.90. The Bertz CT molecular complexity index is 345. The van der Waals surface area contributed by atoms with E-state index in [-0.39, 0.29) is 0 Å². The second-order valence-electron chi connectivity index (χ2n) is 3.28. The molecule has 2 nitrogen and oxygen atoms in total. The van der Waals surface area contributed by atoms with Crippen LogP contribution in [-0.4, -0.2) is 35.3 Å². The molecule has 0 aliphatic heterocycles. The largest absolute Gasteiger partial charge is 0.478 e. The summed E-state index contributed by atoms with van der Waals surface area (Å²) >= 11 is 0. The molecule has 1 atom stereocenters. The summed E-state index contributed by atoms with van der Waals surface area (Å²) in [6.45, 7) is 2.55. The molecule has 0 aromatic carbocycles. The maximum absolute atomic E-state index is 12.8. The van der Waals surface area contributed by atoms with E-state index >= 15 is 0 Å². The van der Waals surface area contributed by atoms with E-state index < -0.39 is 42.2 Å². The van der Waals surface area contributed by atoms with Gasteiger partial charge in [-0.2, -0.15) is 30.7 Å². The Morgan fingerprint density at radius 3 is 1.78 bits per heavy atom. The zero-order valence-electron chi connectivity index (χ0n) is 8.37. The van der Waals surface area contributed by atoms with Crippen LogP contribution in [-0.2, 0) is 4.79 Å². The lowest BCUT2D eigenvalue weighted by Gasteiger charge is -2.30. The number of carbonyl (C=O) groups is 1. The lowest BCUT2D eigenvalue weighted by molar-refractivity contribution is -0.365. The van der Waals surface area contributed by atoms with Crippen molar-refractivity contribution in [3.63, 3.8) is 0 Å². The number of alkyl halides is 8. The molecule has 10 heteroatoms. The molecule has 1 unspecified atom stereocenters. The van der Waals surface area contributed by atoms with Crippen molar-refractivity contribution in [1.82, 2.24) is 0 Å². The second-order valence-corrected chi connectivity index (χ2v) is 3.28. The highest BCUT2D eigenvalue weighted by molar-refractivity contribution is 5.85. The van der Waals surface area contributed by atoms with Crippen molar-refractivity contribution in [2.45, 2.75) is 30.6 Å². The van der Waals surface area contributed by atoms with Gasteiger partial charge in [-0.15, -0.1) is 0 Å². The quantitative estimate of drug-likeness (QED) is 0.622. The zero-order valence-corrected chi connectivity index (χ0v) is 8.37. The van der Waals surface area contributed by atoms with Gasteiger partial charge in [-0.25, -0.2) is 9.18 Å². The van der Waals surface area contributed by atoms with E-state index in [0.717, 1.165) is 0 Å². The van der Waals surface area contributed by atoms with Gasteiger partial charge < -0.3 is 5.11 Å². The third kappa shape index (κ3) is 2.91. The third-order valence-electron chi connectivity index (χ3n) is 1.90. The minimum absolute atomic E-state index is 1.25. The SMILES string of the molecule is C=C(CC(F)C(F)(F)C(F)(F)C(F)(F)F)C(=O)O. The molecule has 0 radical (unpaired) electrons. The van der Waals surface area contributed by atoms with Gasteiger partial charge in [0, 0.05) is 12.0 Å². The Hall–Kier alpha value is -1.35. The van der Waals surface area contributed by atoms with Crippen LogP contribution in [0.1, 0.15) is 6.42 Å². The summed E-state index contributed by atoms with van der Waals surface area (Å²) in [4.78, 5) is 10.1. The minimum Gasteiger partial charge on any atom is -0.478 e. The minimum atomic E-state index is -6.66. The monoisotopic (exact) mass is 286 g/mol. The smallest absolute Gasteiger partial charge is 0.459 e. The zero-order chi connectivity index (χ0) is 14.9. The van der Waals surface area contributed by atoms with E-state index in [1.807, 2.05) is 0 Å². The molecule has 0 fully saturated rings. The highest BCUT2D eigenvalue weighted by Gasteiger charge is 2.75. The fraction of sp³-hybridized carbons (Fsp3) is 0.625. The number of halogens is 8. The van der Waals surface area contributed by atoms with Crippen LogP contribution in [0.15, 0.2) is 12.2 Å². The molecule has 0 amide bonds. The molecule has 0 saturated heterocycles. The van der Waals surface area contributed by atoms with E-state index in [4.69, 9.17) is 5.11 Å². The maximum atomic E-state index is 12.8. The molecule has 0 heterocycles. The van der Waals surface area contributed by atoms with Crippen molar-refractivity contribution < 1.29 is 45.0 Å². The fourth-order valence-corrected chi connectivity index (χ4v) is 0.817. The van der Waals surface area contributed by atoms with Gasteiger partial charge in [0.15, 0.2) is 6.17 Å². The molecule has 1 N–H and O–H groups in total. The summed E-state index contributed by atoms with van der Waals surface area (Å²) in [7, 11) is 0. The average molecular weight is 286 g/mol. The van der Waals surface area contributed by atoms with Gasteiger partial charge in [0.05, 0.1) is 0 Å². The van der Waals surface area contributed by atoms with Crippen LogP contribution < -0.4 is 0 Å². The first-order chi connectivity index (χ1) is 7.75.